The Morgan fingerprint density at radius 1 is 1.12 bits per heavy atom. The van der Waals surface area contributed by atoms with E-state index in [4.69, 9.17) is 9.47 Å². The van der Waals surface area contributed by atoms with Crippen LogP contribution in [0.5, 0.6) is 0 Å². The number of halogens is 1. The zero-order valence-electron chi connectivity index (χ0n) is 17.8. The molecule has 0 bridgehead atoms. The summed E-state index contributed by atoms with van der Waals surface area (Å²) in [4.78, 5) is 13.1. The van der Waals surface area contributed by atoms with Crippen molar-refractivity contribution in [3.05, 3.63) is 47.0 Å². The second-order valence-corrected chi connectivity index (χ2v) is 9.35. The van der Waals surface area contributed by atoms with Crippen LogP contribution in [0.4, 0.5) is 5.82 Å². The first-order valence-electron chi connectivity index (χ1n) is 11.0. The molecule has 10 nitrogen and oxygen atoms in total. The number of imidazole rings is 1. The molecule has 1 saturated carbocycles. The maximum atomic E-state index is 10.4. The minimum atomic E-state index is -1.21. The highest BCUT2D eigenvalue weighted by Crippen LogP contribution is 2.33. The number of aliphatic hydroxyl groups excluding tert-OH is 3. The highest BCUT2D eigenvalue weighted by Gasteiger charge is 2.44. The van der Waals surface area contributed by atoms with Gasteiger partial charge in [0, 0.05) is 4.47 Å². The van der Waals surface area contributed by atoms with Crippen molar-refractivity contribution in [2.45, 2.75) is 62.6 Å². The molecule has 2 aliphatic rings. The van der Waals surface area contributed by atoms with E-state index < -0.39 is 31.1 Å². The molecule has 2 fully saturated rings. The first kappa shape index (κ1) is 22.6. The van der Waals surface area contributed by atoms with Gasteiger partial charge >= 0.3 is 0 Å². The van der Waals surface area contributed by atoms with Gasteiger partial charge in [-0.1, -0.05) is 28.1 Å². The number of benzene rings is 1. The molecule has 5 rings (SSSR count). The van der Waals surface area contributed by atoms with Crippen LogP contribution >= 0.6 is 15.9 Å². The molecule has 3 heterocycles. The van der Waals surface area contributed by atoms with Crippen molar-refractivity contribution < 1.29 is 24.8 Å². The standard InChI is InChI=1S/C22H26BrN5O5/c23-13-6-4-12(5-7-13)9-32-15-3-1-2-14(15)27-20-17-21(25-10-24-20)28(11-26-17)22-19(31)18(30)16(8-29)33-22/h4-7,10-11,14-16,18-19,22,29-31H,1-3,8-9H2,(H,24,25,27)/t14-,15-,16-,18-,19-,22-/m1/s1. The van der Waals surface area contributed by atoms with E-state index in [1.54, 1.807) is 4.57 Å². The summed E-state index contributed by atoms with van der Waals surface area (Å²) in [6, 6.07) is 8.17. The Hall–Kier alpha value is -2.15. The maximum Gasteiger partial charge on any atom is 0.167 e. The third-order valence-electron chi connectivity index (χ3n) is 6.30. The Kier molecular flexibility index (Phi) is 6.59. The number of fused-ring (bicyclic) bond motifs is 1. The van der Waals surface area contributed by atoms with Gasteiger partial charge in [0.05, 0.1) is 31.7 Å². The molecular formula is C22H26BrN5O5. The maximum absolute atomic E-state index is 10.4. The van der Waals surface area contributed by atoms with Crippen molar-refractivity contribution in [1.82, 2.24) is 19.5 Å². The molecule has 4 N–H and O–H groups in total. The summed E-state index contributed by atoms with van der Waals surface area (Å²) >= 11 is 3.45. The third kappa shape index (κ3) is 4.48. The van der Waals surface area contributed by atoms with E-state index in [2.05, 4.69) is 36.2 Å². The number of hydrogen-bond acceptors (Lipinski definition) is 9. The molecule has 1 aromatic carbocycles. The van der Waals surface area contributed by atoms with Crippen molar-refractivity contribution >= 4 is 32.9 Å². The second-order valence-electron chi connectivity index (χ2n) is 8.43. The van der Waals surface area contributed by atoms with Crippen LogP contribution in [-0.4, -0.2) is 71.9 Å². The number of rotatable bonds is 7. The molecule has 0 spiro atoms. The molecule has 1 aliphatic heterocycles. The monoisotopic (exact) mass is 519 g/mol. The number of ether oxygens (including phenoxy) is 2. The van der Waals surface area contributed by atoms with Crippen LogP contribution in [0.1, 0.15) is 31.1 Å². The predicted octanol–water partition coefficient (Wildman–Crippen LogP) is 1.75. The number of nitrogens with zero attached hydrogens (tertiary/aromatic N) is 4. The van der Waals surface area contributed by atoms with Gasteiger partial charge in [0.25, 0.3) is 0 Å². The Bertz CT molecular complexity index is 1100. The Morgan fingerprint density at radius 2 is 1.94 bits per heavy atom. The van der Waals surface area contributed by atoms with Crippen LogP contribution in [0.2, 0.25) is 0 Å². The Balaban J connectivity index is 1.31. The second kappa shape index (κ2) is 9.61. The lowest BCUT2D eigenvalue weighted by molar-refractivity contribution is -0.0511. The highest BCUT2D eigenvalue weighted by molar-refractivity contribution is 9.10. The fourth-order valence-corrected chi connectivity index (χ4v) is 4.77. The number of anilines is 1. The van der Waals surface area contributed by atoms with Gasteiger partial charge in [0.1, 0.15) is 24.6 Å². The topological polar surface area (TPSA) is 135 Å². The molecule has 6 atom stereocenters. The quantitative estimate of drug-likeness (QED) is 0.368. The van der Waals surface area contributed by atoms with Crippen LogP contribution < -0.4 is 5.32 Å². The molecule has 11 heteroatoms. The summed E-state index contributed by atoms with van der Waals surface area (Å²) in [7, 11) is 0. The van der Waals surface area contributed by atoms with E-state index in [9.17, 15) is 15.3 Å². The van der Waals surface area contributed by atoms with E-state index in [0.29, 0.717) is 23.6 Å². The molecule has 2 aromatic heterocycles. The van der Waals surface area contributed by atoms with Crippen LogP contribution in [0.3, 0.4) is 0 Å². The zero-order chi connectivity index (χ0) is 22.9. The molecule has 1 saturated heterocycles. The van der Waals surface area contributed by atoms with Crippen molar-refractivity contribution in [3.63, 3.8) is 0 Å². The fourth-order valence-electron chi connectivity index (χ4n) is 4.50. The molecule has 0 amide bonds. The molecular weight excluding hydrogens is 494 g/mol. The fraction of sp³-hybridized carbons (Fsp3) is 0.500. The minimum absolute atomic E-state index is 0.0428. The van der Waals surface area contributed by atoms with Gasteiger partial charge in [-0.3, -0.25) is 4.57 Å². The average Bonchev–Trinajstić information content (AvgIpc) is 3.52. The lowest BCUT2D eigenvalue weighted by Crippen LogP contribution is -2.33. The largest absolute Gasteiger partial charge is 0.394 e. The van der Waals surface area contributed by atoms with Gasteiger partial charge in [-0.2, -0.15) is 0 Å². The molecule has 176 valence electrons. The lowest BCUT2D eigenvalue weighted by atomic mass is 10.1. The van der Waals surface area contributed by atoms with E-state index in [1.165, 1.54) is 12.7 Å². The smallest absolute Gasteiger partial charge is 0.167 e. The average molecular weight is 520 g/mol. The zero-order valence-corrected chi connectivity index (χ0v) is 19.4. The van der Waals surface area contributed by atoms with E-state index in [-0.39, 0.29) is 12.1 Å². The summed E-state index contributed by atoms with van der Waals surface area (Å²) in [6.07, 6.45) is 1.75. The number of nitrogens with one attached hydrogen (secondary N) is 1. The number of hydrogen-bond donors (Lipinski definition) is 4. The van der Waals surface area contributed by atoms with E-state index in [0.717, 1.165) is 29.3 Å². The number of aromatic nitrogens is 4. The number of aliphatic hydroxyl groups is 3. The van der Waals surface area contributed by atoms with Gasteiger partial charge in [-0.05, 0) is 37.0 Å². The molecule has 1 aliphatic carbocycles. The van der Waals surface area contributed by atoms with Crippen LogP contribution in [0, 0.1) is 0 Å². The van der Waals surface area contributed by atoms with Crippen LogP contribution in [0.25, 0.3) is 11.2 Å². The summed E-state index contributed by atoms with van der Waals surface area (Å²) in [5.41, 5.74) is 2.12. The Morgan fingerprint density at radius 3 is 2.70 bits per heavy atom. The normalized spacial score (nSPS) is 29.7. The van der Waals surface area contributed by atoms with Crippen molar-refractivity contribution in [1.29, 1.82) is 0 Å². The van der Waals surface area contributed by atoms with Crippen molar-refractivity contribution in [3.8, 4) is 0 Å². The summed E-state index contributed by atoms with van der Waals surface area (Å²) in [5, 5.41) is 33.3. The van der Waals surface area contributed by atoms with Crippen molar-refractivity contribution in [2.24, 2.45) is 0 Å². The molecule has 33 heavy (non-hydrogen) atoms. The molecule has 3 aromatic rings. The van der Waals surface area contributed by atoms with Gasteiger partial charge in [-0.25, -0.2) is 15.0 Å². The van der Waals surface area contributed by atoms with Gasteiger partial charge in [-0.15, -0.1) is 0 Å². The van der Waals surface area contributed by atoms with Crippen LogP contribution in [-0.2, 0) is 16.1 Å². The van der Waals surface area contributed by atoms with E-state index in [1.807, 2.05) is 24.3 Å². The summed E-state index contributed by atoms with van der Waals surface area (Å²) in [6.45, 7) is 0.141. The Labute approximate surface area is 198 Å². The third-order valence-corrected chi connectivity index (χ3v) is 6.83. The van der Waals surface area contributed by atoms with Crippen molar-refractivity contribution in [2.75, 3.05) is 11.9 Å². The van der Waals surface area contributed by atoms with Gasteiger partial charge in [0.15, 0.2) is 23.2 Å². The SMILES string of the molecule is OC[C@H]1O[C@@H](n2cnc3c(N[C@@H]4CCC[C@H]4OCc4ccc(Br)cc4)ncnc32)[C@H](O)[C@@H]1O. The highest BCUT2D eigenvalue weighted by atomic mass is 79.9. The first-order valence-corrected chi connectivity index (χ1v) is 11.8. The summed E-state index contributed by atoms with van der Waals surface area (Å²) in [5.74, 6) is 0.578. The van der Waals surface area contributed by atoms with Gasteiger partial charge in [0.2, 0.25) is 0 Å². The molecule has 0 unspecified atom stereocenters. The minimum Gasteiger partial charge on any atom is -0.394 e. The lowest BCUT2D eigenvalue weighted by Gasteiger charge is -2.22. The predicted molar refractivity (Wildman–Crippen MR) is 122 cm³/mol. The summed E-state index contributed by atoms with van der Waals surface area (Å²) < 4.78 is 14.4. The van der Waals surface area contributed by atoms with E-state index >= 15 is 0 Å². The molecule has 0 radical (unpaired) electrons. The first-order chi connectivity index (χ1) is 16.0. The van der Waals surface area contributed by atoms with Gasteiger partial charge < -0.3 is 30.1 Å². The van der Waals surface area contributed by atoms with Crippen LogP contribution in [0.15, 0.2) is 41.4 Å².